The van der Waals surface area contributed by atoms with Gasteiger partial charge in [-0.2, -0.15) is 0 Å². The Hall–Kier alpha value is 0.0383. The Bertz CT molecular complexity index is 165. The zero-order valence-electron chi connectivity index (χ0n) is 8.68. The van der Waals surface area contributed by atoms with Gasteiger partial charge in [0.1, 0.15) is 6.10 Å². The Morgan fingerprint density at radius 1 is 1.33 bits per heavy atom. The summed E-state index contributed by atoms with van der Waals surface area (Å²) in [6.07, 6.45) is 1.17. The third-order valence-corrected chi connectivity index (χ3v) is 2.46. The van der Waals surface area contributed by atoms with Crippen LogP contribution in [0.25, 0.3) is 11.5 Å². The second kappa shape index (κ2) is 9.28. The fraction of sp³-hybridized carbons (Fsp3) is 0.889. The maximum atomic E-state index is 9.45. The van der Waals surface area contributed by atoms with Crippen molar-refractivity contribution in [2.24, 2.45) is 11.8 Å². The number of rotatable bonds is 3. The molecule has 6 heteroatoms. The Morgan fingerprint density at radius 2 is 1.60 bits per heavy atom. The van der Waals surface area contributed by atoms with Gasteiger partial charge < -0.3 is 21.7 Å². The molecule has 2 unspecified atom stereocenters. The van der Waals surface area contributed by atoms with Gasteiger partial charge in [0.05, 0.1) is 0 Å². The van der Waals surface area contributed by atoms with Crippen molar-refractivity contribution in [3.05, 3.63) is 11.5 Å². The van der Waals surface area contributed by atoms with E-state index in [0.717, 1.165) is 0 Å². The average Bonchev–Trinajstić information content (AvgIpc) is 2.05. The molecule has 0 saturated heterocycles. The van der Waals surface area contributed by atoms with Crippen LogP contribution >= 0.6 is 0 Å². The monoisotopic (exact) mass is 397 g/mol. The molecule has 1 aliphatic carbocycles. The van der Waals surface area contributed by atoms with E-state index in [-0.39, 0.29) is 21.1 Å². The summed E-state index contributed by atoms with van der Waals surface area (Å²) in [6.45, 7) is 2.29. The van der Waals surface area contributed by atoms with Crippen molar-refractivity contribution in [1.29, 1.82) is 0 Å². The van der Waals surface area contributed by atoms with E-state index in [1.165, 1.54) is 19.8 Å². The Balaban J connectivity index is 0. The molecule has 4 N–H and O–H groups in total. The molecule has 0 aromatic heterocycles. The van der Waals surface area contributed by atoms with Gasteiger partial charge in [-0.05, 0) is 6.92 Å². The number of carbonyl (C=O) groups is 1. The predicted molar refractivity (Wildman–Crippen MR) is 53.9 cm³/mol. The van der Waals surface area contributed by atoms with Gasteiger partial charge in [0.2, 0.25) is 0 Å². The predicted octanol–water partition coefficient (Wildman–Crippen LogP) is 1.57. The zero-order valence-corrected chi connectivity index (χ0v) is 11.0. The summed E-state index contributed by atoms with van der Waals surface area (Å²) < 4.78 is 0. The summed E-state index contributed by atoms with van der Waals surface area (Å²) in [6, 6.07) is 0. The number of hydrogen-bond acceptors (Lipinski definition) is 2. The van der Waals surface area contributed by atoms with Crippen LogP contribution in [-0.4, -0.2) is 35.4 Å². The van der Waals surface area contributed by atoms with Gasteiger partial charge in [0.25, 0.3) is 0 Å². The summed E-state index contributed by atoms with van der Waals surface area (Å²) in [5.74, 6) is -0.0324. The molecule has 0 aliphatic heterocycles. The molecule has 0 bridgehead atoms. The minimum atomic E-state index is -1.23. The second-order valence-corrected chi connectivity index (χ2v) is 3.52. The summed E-state index contributed by atoms with van der Waals surface area (Å²) in [4.78, 5) is 9.45. The second-order valence-electron chi connectivity index (χ2n) is 3.52. The number of hydrogen-bond donors (Lipinski definition) is 2. The van der Waals surface area contributed by atoms with E-state index in [1.807, 2.05) is 0 Å². The number of carboxylic acids is 1. The molecular formula is C9H18N2O3Pt. The van der Waals surface area contributed by atoms with Crippen LogP contribution in [0.1, 0.15) is 19.8 Å². The van der Waals surface area contributed by atoms with E-state index in [2.05, 4.69) is 0 Å². The van der Waals surface area contributed by atoms with Crippen LogP contribution in [0.5, 0.6) is 0 Å². The fourth-order valence-corrected chi connectivity index (χ4v) is 1.18. The third-order valence-electron chi connectivity index (χ3n) is 2.46. The molecule has 15 heavy (non-hydrogen) atoms. The number of nitrogens with one attached hydrogen (secondary N) is 2. The normalized spacial score (nSPS) is 25.1. The van der Waals surface area contributed by atoms with Crippen LogP contribution in [-0.2, 0) is 25.9 Å². The van der Waals surface area contributed by atoms with Crippen LogP contribution in [0.15, 0.2) is 0 Å². The molecule has 1 rings (SSSR count). The standard InChI is InChI=1S/C6H12N2.C3H6O3.Pt/c7-3-5-1-2-6(5)4-8;1-2(4)3(5)6;/h5-8H,1-4H2;2,4H,1H3,(H,5,6);/q-2;;+2/t5-,6?;;/m0../s1. The van der Waals surface area contributed by atoms with Crippen molar-refractivity contribution in [2.45, 2.75) is 25.9 Å². The van der Waals surface area contributed by atoms with Gasteiger partial charge in [-0.1, -0.05) is 24.7 Å². The first kappa shape index (κ1) is 17.4. The van der Waals surface area contributed by atoms with Gasteiger partial charge >= 0.3 is 27.0 Å². The SMILES string of the molecule is CC(O)C(=O)O.[NH-]CC1CC[C@H]1C[NH-].[Pt+2]. The molecular weight excluding hydrogens is 379 g/mol. The maximum absolute atomic E-state index is 9.45. The first-order chi connectivity index (χ1) is 6.52. The Labute approximate surface area is 104 Å². The molecule has 0 radical (unpaired) electrons. The van der Waals surface area contributed by atoms with Crippen molar-refractivity contribution in [1.82, 2.24) is 0 Å². The van der Waals surface area contributed by atoms with E-state index in [0.29, 0.717) is 24.9 Å². The third kappa shape index (κ3) is 7.01. The van der Waals surface area contributed by atoms with Gasteiger partial charge in [0.15, 0.2) is 0 Å². The van der Waals surface area contributed by atoms with Crippen molar-refractivity contribution in [3.8, 4) is 0 Å². The molecule has 1 fully saturated rings. The molecule has 1 saturated carbocycles. The van der Waals surface area contributed by atoms with Crippen LogP contribution < -0.4 is 0 Å². The van der Waals surface area contributed by atoms with E-state index in [1.54, 1.807) is 0 Å². The van der Waals surface area contributed by atoms with Crippen molar-refractivity contribution < 1.29 is 36.1 Å². The van der Waals surface area contributed by atoms with E-state index in [9.17, 15) is 4.79 Å². The van der Waals surface area contributed by atoms with Crippen molar-refractivity contribution >= 4 is 5.97 Å². The number of aliphatic hydroxyl groups is 1. The van der Waals surface area contributed by atoms with Crippen molar-refractivity contribution in [3.63, 3.8) is 0 Å². The summed E-state index contributed by atoms with van der Waals surface area (Å²) in [5.41, 5.74) is 14.0. The number of aliphatic carboxylic acids is 1. The van der Waals surface area contributed by atoms with Crippen LogP contribution in [0.2, 0.25) is 0 Å². The van der Waals surface area contributed by atoms with Gasteiger partial charge in [-0.15, -0.1) is 13.1 Å². The maximum Gasteiger partial charge on any atom is 2.00 e. The van der Waals surface area contributed by atoms with Crippen LogP contribution in [0, 0.1) is 11.8 Å². The summed E-state index contributed by atoms with van der Waals surface area (Å²) >= 11 is 0. The summed E-state index contributed by atoms with van der Waals surface area (Å²) in [7, 11) is 0. The molecule has 1 aliphatic rings. The smallest absolute Gasteiger partial charge is 0.677 e. The van der Waals surface area contributed by atoms with Crippen LogP contribution in [0.3, 0.4) is 0 Å². The Morgan fingerprint density at radius 3 is 1.67 bits per heavy atom. The minimum Gasteiger partial charge on any atom is -0.677 e. The van der Waals surface area contributed by atoms with Crippen LogP contribution in [0.4, 0.5) is 0 Å². The largest absolute Gasteiger partial charge is 2.00 e. The topological polar surface area (TPSA) is 105 Å². The summed E-state index contributed by atoms with van der Waals surface area (Å²) in [5, 5.41) is 15.8. The van der Waals surface area contributed by atoms with Gasteiger partial charge in [-0.3, -0.25) is 0 Å². The molecule has 0 aromatic rings. The molecule has 0 spiro atoms. The van der Waals surface area contributed by atoms with Gasteiger partial charge in [0, 0.05) is 0 Å². The van der Waals surface area contributed by atoms with E-state index < -0.39 is 12.1 Å². The Kier molecular flexibility index (Phi) is 10.8. The quantitative estimate of drug-likeness (QED) is 0.755. The molecule has 0 heterocycles. The molecule has 3 atom stereocenters. The van der Waals surface area contributed by atoms with E-state index >= 15 is 0 Å². The average molecular weight is 397 g/mol. The molecule has 92 valence electrons. The number of aliphatic hydroxyl groups excluding tert-OH is 1. The molecule has 0 aromatic carbocycles. The first-order valence-electron chi connectivity index (χ1n) is 4.73. The van der Waals surface area contributed by atoms with Gasteiger partial charge in [-0.25, -0.2) is 4.79 Å². The van der Waals surface area contributed by atoms with E-state index in [4.69, 9.17) is 21.7 Å². The van der Waals surface area contributed by atoms with Crippen molar-refractivity contribution in [2.75, 3.05) is 13.1 Å². The molecule has 0 amide bonds. The zero-order chi connectivity index (χ0) is 11.1. The molecule has 5 nitrogen and oxygen atoms in total. The first-order valence-corrected chi connectivity index (χ1v) is 4.73. The fourth-order valence-electron chi connectivity index (χ4n) is 1.18. The minimum absolute atomic E-state index is 0. The number of carboxylic acid groups (broad SMARTS) is 1.